The number of hydrogen-bond donors (Lipinski definition) is 0. The van der Waals surface area contributed by atoms with Crippen molar-refractivity contribution in [2.45, 2.75) is 4.90 Å². The molecule has 1 fully saturated rings. The fourth-order valence-electron chi connectivity index (χ4n) is 3.01. The van der Waals surface area contributed by atoms with Crippen LogP contribution in [0.1, 0.15) is 0 Å². The summed E-state index contributed by atoms with van der Waals surface area (Å²) < 4.78 is 0. The molecule has 6 heteroatoms. The molecule has 128 valence electrons. The lowest BCUT2D eigenvalue weighted by Gasteiger charge is -2.34. The summed E-state index contributed by atoms with van der Waals surface area (Å²) in [5.41, 5.74) is 0. The van der Waals surface area contributed by atoms with Gasteiger partial charge in [-0.15, -0.1) is 23.1 Å². The van der Waals surface area contributed by atoms with Crippen molar-refractivity contribution in [3.63, 3.8) is 0 Å². The highest BCUT2D eigenvalue weighted by Crippen LogP contribution is 2.24. The van der Waals surface area contributed by atoms with Gasteiger partial charge in [-0.3, -0.25) is 4.79 Å². The quantitative estimate of drug-likeness (QED) is 0.657. The van der Waals surface area contributed by atoms with Gasteiger partial charge in [0, 0.05) is 42.7 Å². The lowest BCUT2D eigenvalue weighted by atomic mass is 10.1. The zero-order valence-electron chi connectivity index (χ0n) is 13.8. The molecular formula is C19H19N3OS2. The minimum absolute atomic E-state index is 0.219. The largest absolute Gasteiger partial charge is 0.345 e. The summed E-state index contributed by atoms with van der Waals surface area (Å²) in [7, 11) is 0. The molecule has 3 aromatic rings. The van der Waals surface area contributed by atoms with Crippen molar-refractivity contribution in [3.8, 4) is 0 Å². The van der Waals surface area contributed by atoms with E-state index in [4.69, 9.17) is 0 Å². The lowest BCUT2D eigenvalue weighted by Crippen LogP contribution is -2.49. The molecular weight excluding hydrogens is 350 g/mol. The van der Waals surface area contributed by atoms with E-state index in [0.717, 1.165) is 36.2 Å². The molecule has 0 unspecified atom stereocenters. The Labute approximate surface area is 155 Å². The van der Waals surface area contributed by atoms with Crippen LogP contribution in [0.15, 0.2) is 58.9 Å². The van der Waals surface area contributed by atoms with Crippen LogP contribution in [0.2, 0.25) is 0 Å². The zero-order chi connectivity index (χ0) is 17.1. The number of amides is 1. The van der Waals surface area contributed by atoms with E-state index in [0.29, 0.717) is 5.75 Å². The number of piperazine rings is 1. The Morgan fingerprint density at radius 2 is 1.88 bits per heavy atom. The number of fused-ring (bicyclic) bond motifs is 1. The fourth-order valence-corrected chi connectivity index (χ4v) is 4.56. The van der Waals surface area contributed by atoms with Crippen molar-refractivity contribution < 1.29 is 4.79 Å². The van der Waals surface area contributed by atoms with Crippen LogP contribution in [0.4, 0.5) is 5.13 Å². The summed E-state index contributed by atoms with van der Waals surface area (Å²) in [4.78, 5) is 22.2. The highest BCUT2D eigenvalue weighted by atomic mass is 32.2. The Morgan fingerprint density at radius 3 is 2.64 bits per heavy atom. The summed E-state index contributed by atoms with van der Waals surface area (Å²) in [5.74, 6) is 0.715. The number of carbonyl (C=O) groups is 1. The van der Waals surface area contributed by atoms with E-state index in [1.807, 2.05) is 28.6 Å². The van der Waals surface area contributed by atoms with Gasteiger partial charge in [0.25, 0.3) is 0 Å². The molecule has 1 saturated heterocycles. The van der Waals surface area contributed by atoms with Gasteiger partial charge in [-0.2, -0.15) is 0 Å². The Kier molecular flexibility index (Phi) is 4.90. The third-order valence-electron chi connectivity index (χ3n) is 4.41. The number of benzene rings is 2. The SMILES string of the molecule is O=C(CSc1ccc2ccccc2c1)N1CCN(c2nccs2)CC1. The first-order chi connectivity index (χ1) is 12.3. The lowest BCUT2D eigenvalue weighted by molar-refractivity contribution is -0.128. The van der Waals surface area contributed by atoms with Crippen molar-refractivity contribution in [2.75, 3.05) is 36.8 Å². The van der Waals surface area contributed by atoms with Gasteiger partial charge in [-0.1, -0.05) is 30.3 Å². The number of rotatable bonds is 4. The number of hydrogen-bond acceptors (Lipinski definition) is 5. The predicted octanol–water partition coefficient (Wildman–Crippen LogP) is 3.74. The summed E-state index contributed by atoms with van der Waals surface area (Å²) in [5, 5.41) is 5.50. The zero-order valence-corrected chi connectivity index (χ0v) is 15.4. The fraction of sp³-hybridized carbons (Fsp3) is 0.263. The van der Waals surface area contributed by atoms with Gasteiger partial charge in [0.05, 0.1) is 5.75 Å². The second kappa shape index (κ2) is 7.45. The molecule has 0 aliphatic carbocycles. The molecule has 0 bridgehead atoms. The van der Waals surface area contributed by atoms with Gasteiger partial charge < -0.3 is 9.80 Å². The van der Waals surface area contributed by atoms with E-state index < -0.39 is 0 Å². The van der Waals surface area contributed by atoms with Gasteiger partial charge >= 0.3 is 0 Å². The molecule has 2 aromatic carbocycles. The highest BCUT2D eigenvalue weighted by molar-refractivity contribution is 8.00. The molecule has 0 saturated carbocycles. The molecule has 1 aliphatic heterocycles. The van der Waals surface area contributed by atoms with Crippen molar-refractivity contribution in [1.82, 2.24) is 9.88 Å². The average Bonchev–Trinajstić information content (AvgIpc) is 3.21. The van der Waals surface area contributed by atoms with Crippen LogP contribution in [0.25, 0.3) is 10.8 Å². The first-order valence-corrected chi connectivity index (χ1v) is 10.2. The summed E-state index contributed by atoms with van der Waals surface area (Å²) >= 11 is 3.28. The number of nitrogens with zero attached hydrogens (tertiary/aromatic N) is 3. The van der Waals surface area contributed by atoms with E-state index in [-0.39, 0.29) is 5.91 Å². The predicted molar refractivity (Wildman–Crippen MR) is 106 cm³/mol. The summed E-state index contributed by atoms with van der Waals surface area (Å²) in [6.07, 6.45) is 1.83. The topological polar surface area (TPSA) is 36.4 Å². The number of anilines is 1. The van der Waals surface area contributed by atoms with Crippen molar-refractivity contribution in [1.29, 1.82) is 0 Å². The van der Waals surface area contributed by atoms with Crippen molar-refractivity contribution in [3.05, 3.63) is 54.0 Å². The van der Waals surface area contributed by atoms with Crippen LogP contribution >= 0.6 is 23.1 Å². The number of thioether (sulfide) groups is 1. The molecule has 0 N–H and O–H groups in total. The minimum atomic E-state index is 0.219. The third-order valence-corrected chi connectivity index (χ3v) is 6.22. The molecule has 2 heterocycles. The maximum Gasteiger partial charge on any atom is 0.233 e. The highest BCUT2D eigenvalue weighted by Gasteiger charge is 2.22. The van der Waals surface area contributed by atoms with E-state index in [9.17, 15) is 4.79 Å². The van der Waals surface area contributed by atoms with Gasteiger partial charge in [-0.05, 0) is 22.9 Å². The van der Waals surface area contributed by atoms with Crippen LogP contribution in [-0.4, -0.2) is 47.7 Å². The van der Waals surface area contributed by atoms with Gasteiger partial charge in [-0.25, -0.2) is 4.98 Å². The molecule has 0 spiro atoms. The summed E-state index contributed by atoms with van der Waals surface area (Å²) in [6.45, 7) is 3.27. The van der Waals surface area contributed by atoms with Crippen LogP contribution in [0, 0.1) is 0 Å². The Morgan fingerprint density at radius 1 is 1.08 bits per heavy atom. The van der Waals surface area contributed by atoms with E-state index in [1.165, 1.54) is 10.8 Å². The molecule has 1 aliphatic rings. The van der Waals surface area contributed by atoms with Crippen LogP contribution < -0.4 is 4.90 Å². The molecule has 1 amide bonds. The third kappa shape index (κ3) is 3.80. The average molecular weight is 370 g/mol. The first kappa shape index (κ1) is 16.4. The Balaban J connectivity index is 1.31. The Hall–Kier alpha value is -2.05. The number of carbonyl (C=O) groups excluding carboxylic acids is 1. The number of thiazole rings is 1. The smallest absolute Gasteiger partial charge is 0.233 e. The maximum atomic E-state index is 12.5. The molecule has 25 heavy (non-hydrogen) atoms. The van der Waals surface area contributed by atoms with Gasteiger partial charge in [0.15, 0.2) is 5.13 Å². The van der Waals surface area contributed by atoms with E-state index in [2.05, 4.69) is 40.2 Å². The second-order valence-electron chi connectivity index (χ2n) is 5.98. The molecule has 4 rings (SSSR count). The molecule has 0 radical (unpaired) electrons. The van der Waals surface area contributed by atoms with E-state index in [1.54, 1.807) is 23.1 Å². The van der Waals surface area contributed by atoms with Crippen molar-refractivity contribution >= 4 is 44.9 Å². The molecule has 1 aromatic heterocycles. The molecule has 4 nitrogen and oxygen atoms in total. The van der Waals surface area contributed by atoms with Crippen LogP contribution in [0.5, 0.6) is 0 Å². The van der Waals surface area contributed by atoms with Gasteiger partial charge in [0.2, 0.25) is 5.91 Å². The van der Waals surface area contributed by atoms with E-state index >= 15 is 0 Å². The van der Waals surface area contributed by atoms with Crippen LogP contribution in [-0.2, 0) is 4.79 Å². The van der Waals surface area contributed by atoms with Crippen molar-refractivity contribution in [2.24, 2.45) is 0 Å². The van der Waals surface area contributed by atoms with Crippen LogP contribution in [0.3, 0.4) is 0 Å². The monoisotopic (exact) mass is 369 g/mol. The number of aromatic nitrogens is 1. The van der Waals surface area contributed by atoms with Gasteiger partial charge in [0.1, 0.15) is 0 Å². The normalized spacial score (nSPS) is 14.9. The first-order valence-electron chi connectivity index (χ1n) is 8.33. The summed E-state index contributed by atoms with van der Waals surface area (Å²) in [6, 6.07) is 14.7. The standard InChI is InChI=1S/C19H19N3OS2/c23-18(21-8-10-22(11-9-21)19-20-7-12-24-19)14-25-17-6-5-15-3-1-2-4-16(15)13-17/h1-7,12-13H,8-11,14H2. The Bertz CT molecular complexity index is 858. The maximum absolute atomic E-state index is 12.5. The second-order valence-corrected chi connectivity index (χ2v) is 7.90. The molecule has 0 atom stereocenters. The minimum Gasteiger partial charge on any atom is -0.345 e.